The molecule has 0 aliphatic heterocycles. The highest BCUT2D eigenvalue weighted by Gasteiger charge is 2.16. The standard InChI is InChI=1S/C13H10Cl2FNO2/c1-2-17-12(11(18)6-10(15)13(17)19)8-4-3-7(16)5-9(8)14/h3-6,18H,2H2,1H3. The Kier molecular flexibility index (Phi) is 3.83. The number of pyridine rings is 1. The van der Waals surface area contributed by atoms with Crippen molar-refractivity contribution in [2.24, 2.45) is 0 Å². The van der Waals surface area contributed by atoms with E-state index in [-0.39, 0.29) is 21.5 Å². The molecule has 2 aromatic rings. The first-order valence-electron chi connectivity index (χ1n) is 5.53. The van der Waals surface area contributed by atoms with Crippen molar-refractivity contribution in [1.29, 1.82) is 0 Å². The van der Waals surface area contributed by atoms with Crippen LogP contribution < -0.4 is 5.56 Å². The van der Waals surface area contributed by atoms with E-state index in [1.165, 1.54) is 16.7 Å². The monoisotopic (exact) mass is 301 g/mol. The Labute approximate surface area is 118 Å². The fourth-order valence-corrected chi connectivity index (χ4v) is 2.35. The molecule has 100 valence electrons. The highest BCUT2D eigenvalue weighted by molar-refractivity contribution is 6.33. The summed E-state index contributed by atoms with van der Waals surface area (Å²) in [5, 5.41) is 10.0. The normalized spacial score (nSPS) is 10.7. The molecule has 3 nitrogen and oxygen atoms in total. The van der Waals surface area contributed by atoms with Gasteiger partial charge in [0.2, 0.25) is 0 Å². The lowest BCUT2D eigenvalue weighted by Gasteiger charge is -2.14. The van der Waals surface area contributed by atoms with Crippen LogP contribution in [0.2, 0.25) is 10.0 Å². The van der Waals surface area contributed by atoms with Crippen molar-refractivity contribution < 1.29 is 9.50 Å². The molecule has 0 atom stereocenters. The van der Waals surface area contributed by atoms with Gasteiger partial charge in [-0.05, 0) is 25.1 Å². The minimum absolute atomic E-state index is 0.0821. The third-order valence-electron chi connectivity index (χ3n) is 2.73. The quantitative estimate of drug-likeness (QED) is 0.919. The molecule has 0 amide bonds. The van der Waals surface area contributed by atoms with Crippen LogP contribution in [0.1, 0.15) is 6.92 Å². The van der Waals surface area contributed by atoms with Crippen molar-refractivity contribution in [2.45, 2.75) is 13.5 Å². The van der Waals surface area contributed by atoms with Crippen LogP contribution in [0.25, 0.3) is 11.3 Å². The molecule has 0 bridgehead atoms. The zero-order valence-corrected chi connectivity index (χ0v) is 11.5. The molecule has 19 heavy (non-hydrogen) atoms. The van der Waals surface area contributed by atoms with Crippen molar-refractivity contribution in [3.05, 3.63) is 50.5 Å². The summed E-state index contributed by atoms with van der Waals surface area (Å²) < 4.78 is 14.3. The maximum absolute atomic E-state index is 13.1. The molecule has 0 fully saturated rings. The van der Waals surface area contributed by atoms with Crippen molar-refractivity contribution in [1.82, 2.24) is 4.57 Å². The first-order chi connectivity index (χ1) is 8.95. The number of halogens is 3. The van der Waals surface area contributed by atoms with Gasteiger partial charge < -0.3 is 9.67 Å². The predicted molar refractivity (Wildman–Crippen MR) is 73.5 cm³/mol. The van der Waals surface area contributed by atoms with Gasteiger partial charge in [0.15, 0.2) is 0 Å². The van der Waals surface area contributed by atoms with E-state index >= 15 is 0 Å². The summed E-state index contributed by atoms with van der Waals surface area (Å²) in [7, 11) is 0. The first-order valence-corrected chi connectivity index (χ1v) is 6.29. The average Bonchev–Trinajstić information content (AvgIpc) is 2.34. The van der Waals surface area contributed by atoms with E-state index in [9.17, 15) is 14.3 Å². The van der Waals surface area contributed by atoms with Crippen LogP contribution in [-0.2, 0) is 6.54 Å². The van der Waals surface area contributed by atoms with Crippen molar-refractivity contribution in [3.8, 4) is 17.0 Å². The van der Waals surface area contributed by atoms with Crippen LogP contribution in [-0.4, -0.2) is 9.67 Å². The van der Waals surface area contributed by atoms with E-state index in [0.29, 0.717) is 12.1 Å². The van der Waals surface area contributed by atoms with E-state index in [1.54, 1.807) is 6.92 Å². The van der Waals surface area contributed by atoms with E-state index in [4.69, 9.17) is 23.2 Å². The summed E-state index contributed by atoms with van der Waals surface area (Å²) in [4.78, 5) is 11.9. The molecule has 0 saturated carbocycles. The molecule has 1 aromatic heterocycles. The van der Waals surface area contributed by atoms with Gasteiger partial charge in [0.1, 0.15) is 16.6 Å². The van der Waals surface area contributed by atoms with E-state index in [1.807, 2.05) is 0 Å². The number of aromatic hydroxyl groups is 1. The van der Waals surface area contributed by atoms with Gasteiger partial charge in [0.05, 0.1) is 10.7 Å². The number of rotatable bonds is 2. The number of hydrogen-bond acceptors (Lipinski definition) is 2. The Morgan fingerprint density at radius 2 is 1.95 bits per heavy atom. The van der Waals surface area contributed by atoms with Crippen LogP contribution in [0.5, 0.6) is 5.75 Å². The largest absolute Gasteiger partial charge is 0.506 e. The summed E-state index contributed by atoms with van der Waals surface area (Å²) in [5.74, 6) is -0.674. The molecular formula is C13H10Cl2FNO2. The Morgan fingerprint density at radius 3 is 2.53 bits per heavy atom. The maximum atomic E-state index is 13.1. The van der Waals surface area contributed by atoms with Crippen molar-refractivity contribution >= 4 is 23.2 Å². The molecule has 0 radical (unpaired) electrons. The summed E-state index contributed by atoms with van der Waals surface area (Å²) in [5.41, 5.74) is 0.162. The molecule has 0 unspecified atom stereocenters. The Balaban J connectivity index is 2.82. The fourth-order valence-electron chi connectivity index (χ4n) is 1.89. The maximum Gasteiger partial charge on any atom is 0.270 e. The first kappa shape index (κ1) is 13.9. The molecule has 1 heterocycles. The SMILES string of the molecule is CCn1c(-c2ccc(F)cc2Cl)c(O)cc(Cl)c1=O. The van der Waals surface area contributed by atoms with Gasteiger partial charge in [0, 0.05) is 18.2 Å². The van der Waals surface area contributed by atoms with Gasteiger partial charge in [0.25, 0.3) is 5.56 Å². The van der Waals surface area contributed by atoms with Gasteiger partial charge in [-0.15, -0.1) is 0 Å². The van der Waals surface area contributed by atoms with Gasteiger partial charge >= 0.3 is 0 Å². The summed E-state index contributed by atoms with van der Waals surface area (Å²) in [6, 6.07) is 4.90. The topological polar surface area (TPSA) is 42.2 Å². The molecule has 2 rings (SSSR count). The van der Waals surface area contributed by atoms with Crippen LogP contribution in [0.15, 0.2) is 29.1 Å². The van der Waals surface area contributed by atoms with Crippen molar-refractivity contribution in [2.75, 3.05) is 0 Å². The number of nitrogens with zero attached hydrogens (tertiary/aromatic N) is 1. The van der Waals surface area contributed by atoms with E-state index in [0.717, 1.165) is 12.1 Å². The second-order valence-corrected chi connectivity index (χ2v) is 4.71. The Morgan fingerprint density at radius 1 is 1.26 bits per heavy atom. The lowest BCUT2D eigenvalue weighted by molar-refractivity contribution is 0.469. The molecule has 1 aromatic carbocycles. The van der Waals surface area contributed by atoms with Crippen LogP contribution in [0.3, 0.4) is 0 Å². The Hall–Kier alpha value is -1.52. The highest BCUT2D eigenvalue weighted by atomic mass is 35.5. The number of hydrogen-bond donors (Lipinski definition) is 1. The smallest absolute Gasteiger partial charge is 0.270 e. The van der Waals surface area contributed by atoms with Gasteiger partial charge in [-0.1, -0.05) is 23.2 Å². The van der Waals surface area contributed by atoms with Crippen LogP contribution >= 0.6 is 23.2 Å². The van der Waals surface area contributed by atoms with Crippen LogP contribution in [0.4, 0.5) is 4.39 Å². The zero-order valence-electron chi connectivity index (χ0n) is 9.95. The van der Waals surface area contributed by atoms with Crippen molar-refractivity contribution in [3.63, 3.8) is 0 Å². The van der Waals surface area contributed by atoms with Crippen LogP contribution in [0, 0.1) is 5.82 Å². The molecule has 0 spiro atoms. The third kappa shape index (κ3) is 2.46. The molecule has 1 N–H and O–H groups in total. The van der Waals surface area contributed by atoms with Gasteiger partial charge in [-0.2, -0.15) is 0 Å². The lowest BCUT2D eigenvalue weighted by atomic mass is 10.1. The zero-order chi connectivity index (χ0) is 14.2. The fraction of sp³-hybridized carbons (Fsp3) is 0.154. The molecule has 0 aliphatic carbocycles. The minimum atomic E-state index is -0.493. The van der Waals surface area contributed by atoms with E-state index < -0.39 is 11.4 Å². The summed E-state index contributed by atoms with van der Waals surface area (Å²) in [6.45, 7) is 2.04. The number of benzene rings is 1. The summed E-state index contributed by atoms with van der Waals surface area (Å²) >= 11 is 11.7. The molecular weight excluding hydrogens is 292 g/mol. The average molecular weight is 302 g/mol. The summed E-state index contributed by atoms with van der Waals surface area (Å²) in [6.07, 6.45) is 0. The minimum Gasteiger partial charge on any atom is -0.506 e. The lowest BCUT2D eigenvalue weighted by Crippen LogP contribution is -2.21. The Bertz CT molecular complexity index is 698. The molecule has 0 saturated heterocycles. The second kappa shape index (κ2) is 5.23. The molecule has 0 aliphatic rings. The third-order valence-corrected chi connectivity index (χ3v) is 3.31. The second-order valence-electron chi connectivity index (χ2n) is 3.90. The molecule has 6 heteroatoms. The number of aromatic nitrogens is 1. The van der Waals surface area contributed by atoms with Gasteiger partial charge in [-0.25, -0.2) is 4.39 Å². The van der Waals surface area contributed by atoms with Gasteiger partial charge in [-0.3, -0.25) is 4.79 Å². The van der Waals surface area contributed by atoms with E-state index in [2.05, 4.69) is 0 Å². The highest BCUT2D eigenvalue weighted by Crippen LogP contribution is 2.34. The predicted octanol–water partition coefficient (Wildman–Crippen LogP) is 3.69.